The summed E-state index contributed by atoms with van der Waals surface area (Å²) in [6, 6.07) is 2.05. The lowest BCUT2D eigenvalue weighted by Crippen LogP contribution is -2.30. The summed E-state index contributed by atoms with van der Waals surface area (Å²) in [5, 5.41) is 13.3. The Labute approximate surface area is 102 Å². The van der Waals surface area contributed by atoms with Gasteiger partial charge in [0.2, 0.25) is 0 Å². The molecule has 0 saturated heterocycles. The number of aromatic hydroxyl groups is 1. The molecule has 0 atom stereocenters. The SMILES string of the molecule is CON(C)C(=O)Nc1cc(Cl)c(Cl)cc1O. The van der Waals surface area contributed by atoms with Crippen LogP contribution >= 0.6 is 23.2 Å². The molecule has 1 aromatic carbocycles. The molecule has 5 nitrogen and oxygen atoms in total. The van der Waals surface area contributed by atoms with Gasteiger partial charge in [0, 0.05) is 13.1 Å². The van der Waals surface area contributed by atoms with Gasteiger partial charge < -0.3 is 10.4 Å². The van der Waals surface area contributed by atoms with Gasteiger partial charge in [0.25, 0.3) is 0 Å². The molecule has 0 heterocycles. The number of phenols is 1. The fourth-order valence-electron chi connectivity index (χ4n) is 0.913. The van der Waals surface area contributed by atoms with E-state index in [1.165, 1.54) is 26.3 Å². The molecular weight excluding hydrogens is 255 g/mol. The van der Waals surface area contributed by atoms with E-state index in [1.807, 2.05) is 0 Å². The van der Waals surface area contributed by atoms with Gasteiger partial charge in [-0.05, 0) is 6.07 Å². The fraction of sp³-hybridized carbons (Fsp3) is 0.222. The number of benzene rings is 1. The number of nitrogens with zero attached hydrogens (tertiary/aromatic N) is 1. The molecule has 0 saturated carbocycles. The lowest BCUT2D eigenvalue weighted by Gasteiger charge is -2.15. The van der Waals surface area contributed by atoms with Gasteiger partial charge in [-0.2, -0.15) is 0 Å². The van der Waals surface area contributed by atoms with Crippen LogP contribution in [0.1, 0.15) is 0 Å². The van der Waals surface area contributed by atoms with Crippen molar-refractivity contribution in [1.82, 2.24) is 5.06 Å². The van der Waals surface area contributed by atoms with Crippen molar-refractivity contribution in [3.8, 4) is 5.75 Å². The molecule has 2 amide bonds. The van der Waals surface area contributed by atoms with Crippen molar-refractivity contribution in [1.29, 1.82) is 0 Å². The molecule has 16 heavy (non-hydrogen) atoms. The Kier molecular flexibility index (Phi) is 4.23. The lowest BCUT2D eigenvalue weighted by molar-refractivity contribution is -0.0598. The first kappa shape index (κ1) is 12.9. The number of nitrogens with one attached hydrogen (secondary N) is 1. The van der Waals surface area contributed by atoms with Crippen LogP contribution in [0.4, 0.5) is 10.5 Å². The summed E-state index contributed by atoms with van der Waals surface area (Å²) in [5.41, 5.74) is 0.156. The van der Waals surface area contributed by atoms with E-state index in [2.05, 4.69) is 10.2 Å². The summed E-state index contributed by atoms with van der Waals surface area (Å²) >= 11 is 11.4. The number of hydrogen-bond acceptors (Lipinski definition) is 3. The number of hydrogen-bond donors (Lipinski definition) is 2. The third kappa shape index (κ3) is 2.91. The quantitative estimate of drug-likeness (QED) is 0.638. The number of hydroxylamine groups is 2. The van der Waals surface area contributed by atoms with Crippen molar-refractivity contribution in [2.45, 2.75) is 0 Å². The number of anilines is 1. The van der Waals surface area contributed by atoms with Crippen LogP contribution in [0.5, 0.6) is 5.75 Å². The van der Waals surface area contributed by atoms with Crippen molar-refractivity contribution in [2.75, 3.05) is 19.5 Å². The van der Waals surface area contributed by atoms with Crippen LogP contribution in [0, 0.1) is 0 Å². The average Bonchev–Trinajstić information content (AvgIpc) is 2.24. The Bertz CT molecular complexity index is 412. The normalized spacial score (nSPS) is 10.0. The van der Waals surface area contributed by atoms with Crippen LogP contribution in [-0.4, -0.2) is 30.4 Å². The zero-order chi connectivity index (χ0) is 12.3. The monoisotopic (exact) mass is 264 g/mol. The number of amides is 2. The largest absolute Gasteiger partial charge is 0.506 e. The standard InChI is InChI=1S/C9H10Cl2N2O3/c1-13(16-2)9(15)12-7-3-5(10)6(11)4-8(7)14/h3-4,14H,1-2H3,(H,12,15). The van der Waals surface area contributed by atoms with E-state index < -0.39 is 6.03 Å². The molecule has 0 aliphatic rings. The molecule has 0 unspecified atom stereocenters. The van der Waals surface area contributed by atoms with Gasteiger partial charge in [-0.3, -0.25) is 4.84 Å². The number of halogens is 2. The van der Waals surface area contributed by atoms with Gasteiger partial charge in [-0.15, -0.1) is 0 Å². The van der Waals surface area contributed by atoms with E-state index >= 15 is 0 Å². The molecule has 2 N–H and O–H groups in total. The number of rotatable bonds is 2. The van der Waals surface area contributed by atoms with Crippen molar-refractivity contribution >= 4 is 34.9 Å². The van der Waals surface area contributed by atoms with E-state index in [0.717, 1.165) is 5.06 Å². The van der Waals surface area contributed by atoms with Crippen molar-refractivity contribution < 1.29 is 14.7 Å². The van der Waals surface area contributed by atoms with Crippen LogP contribution in [-0.2, 0) is 4.84 Å². The predicted octanol–water partition coefficient (Wildman–Crippen LogP) is 2.72. The summed E-state index contributed by atoms with van der Waals surface area (Å²) in [6.45, 7) is 0. The molecule has 1 rings (SSSR count). The first-order chi connectivity index (χ1) is 7.45. The van der Waals surface area contributed by atoms with Gasteiger partial charge in [-0.1, -0.05) is 23.2 Å². The van der Waals surface area contributed by atoms with Crippen LogP contribution in [0.25, 0.3) is 0 Å². The minimum Gasteiger partial charge on any atom is -0.506 e. The number of carbonyl (C=O) groups excluding carboxylic acids is 1. The molecule has 7 heteroatoms. The van der Waals surface area contributed by atoms with E-state index in [-0.39, 0.29) is 21.5 Å². The van der Waals surface area contributed by atoms with E-state index in [0.29, 0.717) is 0 Å². The van der Waals surface area contributed by atoms with Crippen molar-refractivity contribution in [2.24, 2.45) is 0 Å². The summed E-state index contributed by atoms with van der Waals surface area (Å²) in [6.07, 6.45) is 0. The summed E-state index contributed by atoms with van der Waals surface area (Å²) in [4.78, 5) is 16.1. The van der Waals surface area contributed by atoms with Gasteiger partial charge in [0.1, 0.15) is 5.75 Å². The first-order valence-electron chi connectivity index (χ1n) is 4.22. The zero-order valence-corrected chi connectivity index (χ0v) is 10.1. The second kappa shape index (κ2) is 5.25. The van der Waals surface area contributed by atoms with Gasteiger partial charge in [0.15, 0.2) is 0 Å². The average molecular weight is 265 g/mol. The number of carbonyl (C=O) groups is 1. The van der Waals surface area contributed by atoms with E-state index in [1.54, 1.807) is 0 Å². The molecule has 0 spiro atoms. The summed E-state index contributed by atoms with van der Waals surface area (Å²) in [7, 11) is 2.76. The number of urea groups is 1. The van der Waals surface area contributed by atoms with E-state index in [9.17, 15) is 9.90 Å². The molecule has 0 aliphatic carbocycles. The molecule has 0 aromatic heterocycles. The van der Waals surface area contributed by atoms with Gasteiger partial charge in [0.05, 0.1) is 22.8 Å². The van der Waals surface area contributed by atoms with Crippen LogP contribution < -0.4 is 5.32 Å². The van der Waals surface area contributed by atoms with E-state index in [4.69, 9.17) is 23.2 Å². The zero-order valence-electron chi connectivity index (χ0n) is 8.62. The second-order valence-corrected chi connectivity index (χ2v) is 3.71. The molecule has 88 valence electrons. The minimum absolute atomic E-state index is 0.156. The van der Waals surface area contributed by atoms with Crippen molar-refractivity contribution in [3.05, 3.63) is 22.2 Å². The molecule has 1 aromatic rings. The molecule has 0 aliphatic heterocycles. The Hall–Kier alpha value is -1.17. The van der Waals surface area contributed by atoms with Gasteiger partial charge in [-0.25, -0.2) is 9.86 Å². The Balaban J connectivity index is 2.90. The molecule has 0 radical (unpaired) electrons. The summed E-state index contributed by atoms with van der Waals surface area (Å²) in [5.74, 6) is -0.174. The maximum Gasteiger partial charge on any atom is 0.345 e. The Morgan fingerprint density at radius 1 is 1.44 bits per heavy atom. The molecule has 0 fully saturated rings. The predicted molar refractivity (Wildman–Crippen MR) is 61.9 cm³/mol. The highest BCUT2D eigenvalue weighted by atomic mass is 35.5. The van der Waals surface area contributed by atoms with Gasteiger partial charge >= 0.3 is 6.03 Å². The topological polar surface area (TPSA) is 61.8 Å². The smallest absolute Gasteiger partial charge is 0.345 e. The Morgan fingerprint density at radius 3 is 2.56 bits per heavy atom. The van der Waals surface area contributed by atoms with Crippen LogP contribution in [0.3, 0.4) is 0 Å². The van der Waals surface area contributed by atoms with Crippen LogP contribution in [0.15, 0.2) is 12.1 Å². The lowest BCUT2D eigenvalue weighted by atomic mass is 10.3. The first-order valence-corrected chi connectivity index (χ1v) is 4.98. The summed E-state index contributed by atoms with van der Waals surface area (Å²) < 4.78 is 0. The third-order valence-corrected chi connectivity index (χ3v) is 2.56. The third-order valence-electron chi connectivity index (χ3n) is 1.84. The van der Waals surface area contributed by atoms with Crippen molar-refractivity contribution in [3.63, 3.8) is 0 Å². The highest BCUT2D eigenvalue weighted by Crippen LogP contribution is 2.33. The minimum atomic E-state index is -0.545. The Morgan fingerprint density at radius 2 is 2.00 bits per heavy atom. The molecular formula is C9H10Cl2N2O3. The number of phenolic OH excluding ortho intramolecular Hbond substituents is 1. The molecule has 0 bridgehead atoms. The highest BCUT2D eigenvalue weighted by Gasteiger charge is 2.12. The highest BCUT2D eigenvalue weighted by molar-refractivity contribution is 6.42. The second-order valence-electron chi connectivity index (χ2n) is 2.89. The van der Waals surface area contributed by atoms with Crippen LogP contribution in [0.2, 0.25) is 10.0 Å². The fourth-order valence-corrected chi connectivity index (χ4v) is 1.23. The maximum absolute atomic E-state index is 11.4. The maximum atomic E-state index is 11.4.